The number of hydrogen-bond donors (Lipinski definition) is 2. The van der Waals surface area contributed by atoms with Crippen molar-refractivity contribution in [2.75, 3.05) is 6.61 Å². The molecule has 0 aliphatic carbocycles. The smallest absolute Gasteiger partial charge is 0.325 e. The normalized spacial score (nSPS) is 14.3. The zero-order valence-electron chi connectivity index (χ0n) is 7.13. The Morgan fingerprint density at radius 1 is 1.73 bits per heavy atom. The van der Waals surface area contributed by atoms with Gasteiger partial charge in [-0.3, -0.25) is 4.79 Å². The van der Waals surface area contributed by atoms with Crippen molar-refractivity contribution in [3.05, 3.63) is 0 Å². The number of ether oxygens (including phenoxy) is 1. The second kappa shape index (κ2) is 3.69. The highest BCUT2D eigenvalue weighted by atomic mass is 16.5. The first-order valence-corrected chi connectivity index (χ1v) is 3.54. The fourth-order valence-corrected chi connectivity index (χ4v) is 0.520. The maximum atomic E-state index is 10.9. The van der Waals surface area contributed by atoms with E-state index in [0.717, 1.165) is 0 Å². The summed E-state index contributed by atoms with van der Waals surface area (Å²) in [7, 11) is 0. The van der Waals surface area contributed by atoms with Crippen LogP contribution in [0.1, 0.15) is 20.8 Å². The van der Waals surface area contributed by atoms with Gasteiger partial charge >= 0.3 is 5.97 Å². The molecule has 0 aliphatic rings. The van der Waals surface area contributed by atoms with Crippen molar-refractivity contribution in [3.63, 3.8) is 0 Å². The molecule has 0 bridgehead atoms. The number of esters is 1. The number of carbonyl (C=O) groups is 1. The molecule has 66 valence electrons. The van der Waals surface area contributed by atoms with Crippen LogP contribution in [-0.4, -0.2) is 29.3 Å². The summed E-state index contributed by atoms with van der Waals surface area (Å²) in [5.74, 6) is -0.569. The molecular weight excluding hydrogens is 146 g/mol. The summed E-state index contributed by atoms with van der Waals surface area (Å²) in [5, 5.41) is 9.26. The van der Waals surface area contributed by atoms with Crippen molar-refractivity contribution >= 4 is 5.97 Å². The molecular formula is C7H15NO3. The van der Waals surface area contributed by atoms with E-state index in [-0.39, 0.29) is 6.61 Å². The zero-order chi connectivity index (χ0) is 9.07. The van der Waals surface area contributed by atoms with E-state index in [1.165, 1.54) is 13.8 Å². The standard InChI is InChI=1S/C7H15NO3/c1-4-11-6(9)5(8)7(2,3)10/h5,10H,4,8H2,1-3H3. The molecule has 0 aromatic carbocycles. The minimum atomic E-state index is -1.22. The molecule has 0 aromatic rings. The molecule has 0 spiro atoms. The van der Waals surface area contributed by atoms with Gasteiger partial charge in [0.05, 0.1) is 12.2 Å². The fourth-order valence-electron chi connectivity index (χ4n) is 0.520. The second-order valence-corrected chi connectivity index (χ2v) is 2.88. The minimum absolute atomic E-state index is 0.280. The Bertz CT molecular complexity index is 139. The summed E-state index contributed by atoms with van der Waals surface area (Å²) in [6.45, 7) is 4.90. The van der Waals surface area contributed by atoms with Crippen LogP contribution >= 0.6 is 0 Å². The molecule has 4 heteroatoms. The van der Waals surface area contributed by atoms with Gasteiger partial charge in [-0.2, -0.15) is 0 Å². The van der Waals surface area contributed by atoms with Crippen molar-refractivity contribution in [2.45, 2.75) is 32.4 Å². The monoisotopic (exact) mass is 161 g/mol. The minimum Gasteiger partial charge on any atom is -0.465 e. The SMILES string of the molecule is CCOC(=O)C(N)C(C)(C)O. The van der Waals surface area contributed by atoms with Gasteiger partial charge in [0.25, 0.3) is 0 Å². The molecule has 1 unspecified atom stereocenters. The summed E-state index contributed by atoms with van der Waals surface area (Å²) in [4.78, 5) is 10.9. The summed E-state index contributed by atoms with van der Waals surface area (Å²) in [5.41, 5.74) is 4.14. The van der Waals surface area contributed by atoms with Crippen LogP contribution in [0.5, 0.6) is 0 Å². The van der Waals surface area contributed by atoms with Crippen LogP contribution in [0.2, 0.25) is 0 Å². The van der Waals surface area contributed by atoms with Crippen molar-refractivity contribution in [1.29, 1.82) is 0 Å². The molecule has 0 radical (unpaired) electrons. The Kier molecular flexibility index (Phi) is 3.48. The van der Waals surface area contributed by atoms with Gasteiger partial charge in [0, 0.05) is 0 Å². The van der Waals surface area contributed by atoms with E-state index in [1.54, 1.807) is 6.92 Å². The molecule has 0 saturated heterocycles. The van der Waals surface area contributed by atoms with Crippen molar-refractivity contribution < 1.29 is 14.6 Å². The Hall–Kier alpha value is -0.610. The van der Waals surface area contributed by atoms with Gasteiger partial charge in [0.15, 0.2) is 0 Å². The number of aliphatic hydroxyl groups is 1. The van der Waals surface area contributed by atoms with Crippen LogP contribution in [0.3, 0.4) is 0 Å². The van der Waals surface area contributed by atoms with Gasteiger partial charge in [-0.1, -0.05) is 0 Å². The maximum Gasteiger partial charge on any atom is 0.325 e. The average molecular weight is 161 g/mol. The van der Waals surface area contributed by atoms with Crippen LogP contribution < -0.4 is 5.73 Å². The van der Waals surface area contributed by atoms with Gasteiger partial charge in [0.2, 0.25) is 0 Å². The van der Waals surface area contributed by atoms with E-state index >= 15 is 0 Å². The summed E-state index contributed by atoms with van der Waals surface area (Å²) in [6, 6.07) is -0.970. The van der Waals surface area contributed by atoms with Crippen molar-refractivity contribution in [2.24, 2.45) is 5.73 Å². The van der Waals surface area contributed by atoms with E-state index in [1.807, 2.05) is 0 Å². The Morgan fingerprint density at radius 3 is 2.45 bits per heavy atom. The number of nitrogens with two attached hydrogens (primary N) is 1. The lowest BCUT2D eigenvalue weighted by atomic mass is 10.0. The Balaban J connectivity index is 4.03. The molecule has 0 heterocycles. The third-order valence-corrected chi connectivity index (χ3v) is 1.30. The summed E-state index contributed by atoms with van der Waals surface area (Å²) >= 11 is 0. The van der Waals surface area contributed by atoms with Crippen molar-refractivity contribution in [1.82, 2.24) is 0 Å². The number of rotatable bonds is 3. The Morgan fingerprint density at radius 2 is 2.18 bits per heavy atom. The Labute approximate surface area is 66.3 Å². The highest BCUT2D eigenvalue weighted by molar-refractivity contribution is 5.76. The third kappa shape index (κ3) is 3.34. The largest absolute Gasteiger partial charge is 0.465 e. The van der Waals surface area contributed by atoms with E-state index < -0.39 is 17.6 Å². The predicted octanol–water partition coefficient (Wildman–Crippen LogP) is -0.352. The molecule has 4 nitrogen and oxygen atoms in total. The molecule has 0 aromatic heterocycles. The van der Waals surface area contributed by atoms with Gasteiger partial charge in [0.1, 0.15) is 6.04 Å². The molecule has 0 aliphatic heterocycles. The summed E-state index contributed by atoms with van der Waals surface area (Å²) < 4.78 is 4.61. The van der Waals surface area contributed by atoms with Crippen LogP contribution in [-0.2, 0) is 9.53 Å². The van der Waals surface area contributed by atoms with Crippen molar-refractivity contribution in [3.8, 4) is 0 Å². The quantitative estimate of drug-likeness (QED) is 0.555. The maximum absolute atomic E-state index is 10.9. The van der Waals surface area contributed by atoms with Gasteiger partial charge < -0.3 is 15.6 Å². The molecule has 3 N–H and O–H groups in total. The van der Waals surface area contributed by atoms with E-state index in [4.69, 9.17) is 5.73 Å². The van der Waals surface area contributed by atoms with E-state index in [0.29, 0.717) is 0 Å². The van der Waals surface area contributed by atoms with Crippen LogP contribution in [0.25, 0.3) is 0 Å². The first-order valence-electron chi connectivity index (χ1n) is 3.54. The van der Waals surface area contributed by atoms with Crippen LogP contribution in [0, 0.1) is 0 Å². The topological polar surface area (TPSA) is 72.5 Å². The first-order chi connectivity index (χ1) is 4.89. The highest BCUT2D eigenvalue weighted by Crippen LogP contribution is 2.06. The molecule has 1 atom stereocenters. The van der Waals surface area contributed by atoms with Gasteiger partial charge in [-0.25, -0.2) is 0 Å². The number of carbonyl (C=O) groups excluding carboxylic acids is 1. The van der Waals surface area contributed by atoms with Crippen LogP contribution in [0.4, 0.5) is 0 Å². The number of hydrogen-bond acceptors (Lipinski definition) is 4. The van der Waals surface area contributed by atoms with Gasteiger partial charge in [-0.05, 0) is 20.8 Å². The predicted molar refractivity (Wildman–Crippen MR) is 40.9 cm³/mol. The third-order valence-electron chi connectivity index (χ3n) is 1.30. The van der Waals surface area contributed by atoms with E-state index in [2.05, 4.69) is 4.74 Å². The molecule has 0 amide bonds. The molecule has 0 saturated carbocycles. The lowest BCUT2D eigenvalue weighted by Crippen LogP contribution is -2.49. The van der Waals surface area contributed by atoms with Gasteiger partial charge in [-0.15, -0.1) is 0 Å². The zero-order valence-corrected chi connectivity index (χ0v) is 7.13. The molecule has 0 rings (SSSR count). The average Bonchev–Trinajstić information content (AvgIpc) is 1.85. The highest BCUT2D eigenvalue weighted by Gasteiger charge is 2.30. The van der Waals surface area contributed by atoms with Crippen LogP contribution in [0.15, 0.2) is 0 Å². The van der Waals surface area contributed by atoms with E-state index in [9.17, 15) is 9.90 Å². The lowest BCUT2D eigenvalue weighted by Gasteiger charge is -2.23. The summed E-state index contributed by atoms with van der Waals surface area (Å²) in [6.07, 6.45) is 0. The first kappa shape index (κ1) is 10.4. The lowest BCUT2D eigenvalue weighted by molar-refractivity contribution is -0.150. The fraction of sp³-hybridized carbons (Fsp3) is 0.857. The molecule has 0 fully saturated rings. The second-order valence-electron chi connectivity index (χ2n) is 2.88. The molecule has 11 heavy (non-hydrogen) atoms.